The summed E-state index contributed by atoms with van der Waals surface area (Å²) < 4.78 is 7.24. The van der Waals surface area contributed by atoms with E-state index in [2.05, 4.69) is 11.9 Å². The van der Waals surface area contributed by atoms with Gasteiger partial charge in [-0.2, -0.15) is 0 Å². The SMILES string of the molecule is CCc1ccc2ncn(CC[C@H]3CCCOC3)c(=O)c2c1. The van der Waals surface area contributed by atoms with E-state index in [1.54, 1.807) is 10.9 Å². The molecule has 2 aromatic rings. The molecule has 1 aromatic carbocycles. The molecule has 0 radical (unpaired) electrons. The number of aromatic nitrogens is 2. The number of ether oxygens (including phenoxy) is 1. The second-order valence-electron chi connectivity index (χ2n) is 5.82. The van der Waals surface area contributed by atoms with Gasteiger partial charge < -0.3 is 4.74 Å². The third kappa shape index (κ3) is 3.16. The van der Waals surface area contributed by atoms with Gasteiger partial charge in [0.05, 0.1) is 17.2 Å². The summed E-state index contributed by atoms with van der Waals surface area (Å²) in [7, 11) is 0. The van der Waals surface area contributed by atoms with Gasteiger partial charge in [-0.15, -0.1) is 0 Å². The van der Waals surface area contributed by atoms with Gasteiger partial charge >= 0.3 is 0 Å². The van der Waals surface area contributed by atoms with Crippen molar-refractivity contribution in [3.8, 4) is 0 Å². The smallest absolute Gasteiger partial charge is 0.261 e. The Hall–Kier alpha value is -1.68. The normalized spacial score (nSPS) is 19.0. The highest BCUT2D eigenvalue weighted by atomic mass is 16.5. The molecule has 0 saturated carbocycles. The van der Waals surface area contributed by atoms with E-state index in [1.165, 1.54) is 12.0 Å². The van der Waals surface area contributed by atoms with Crippen LogP contribution in [-0.4, -0.2) is 22.8 Å². The van der Waals surface area contributed by atoms with Crippen molar-refractivity contribution >= 4 is 10.9 Å². The number of aryl methyl sites for hydroxylation is 2. The lowest BCUT2D eigenvalue weighted by atomic mass is 9.99. The van der Waals surface area contributed by atoms with Crippen LogP contribution in [0, 0.1) is 5.92 Å². The third-order valence-corrected chi connectivity index (χ3v) is 4.33. The van der Waals surface area contributed by atoms with E-state index in [9.17, 15) is 4.79 Å². The molecule has 4 heteroatoms. The van der Waals surface area contributed by atoms with E-state index in [0.29, 0.717) is 5.92 Å². The van der Waals surface area contributed by atoms with Gasteiger partial charge in [0.25, 0.3) is 5.56 Å². The standard InChI is InChI=1S/C17H22N2O2/c1-2-13-5-6-16-15(10-13)17(20)19(12-18-16)8-7-14-4-3-9-21-11-14/h5-6,10,12,14H,2-4,7-9,11H2,1H3/t14-/m1/s1. The summed E-state index contributed by atoms with van der Waals surface area (Å²) in [5, 5.41) is 0.733. The van der Waals surface area contributed by atoms with Crippen molar-refractivity contribution in [2.75, 3.05) is 13.2 Å². The zero-order valence-corrected chi connectivity index (χ0v) is 12.5. The molecular weight excluding hydrogens is 264 g/mol. The van der Waals surface area contributed by atoms with Crippen molar-refractivity contribution in [1.29, 1.82) is 0 Å². The second kappa shape index (κ2) is 6.39. The van der Waals surface area contributed by atoms with Crippen LogP contribution in [0.5, 0.6) is 0 Å². The first-order chi connectivity index (χ1) is 10.3. The van der Waals surface area contributed by atoms with Crippen molar-refractivity contribution in [3.63, 3.8) is 0 Å². The molecular formula is C17H22N2O2. The fourth-order valence-corrected chi connectivity index (χ4v) is 2.94. The maximum absolute atomic E-state index is 12.6. The molecule has 0 bridgehead atoms. The minimum atomic E-state index is 0.0760. The monoisotopic (exact) mass is 286 g/mol. The van der Waals surface area contributed by atoms with E-state index in [1.807, 2.05) is 18.2 Å². The molecule has 1 fully saturated rings. The first kappa shape index (κ1) is 14.3. The topological polar surface area (TPSA) is 44.1 Å². The molecule has 0 N–H and O–H groups in total. The molecule has 1 aliphatic rings. The fraction of sp³-hybridized carbons (Fsp3) is 0.529. The summed E-state index contributed by atoms with van der Waals surface area (Å²) in [6, 6.07) is 5.96. The van der Waals surface area contributed by atoms with Gasteiger partial charge in [0, 0.05) is 19.8 Å². The molecule has 1 atom stereocenters. The minimum Gasteiger partial charge on any atom is -0.381 e. The van der Waals surface area contributed by atoms with Gasteiger partial charge in [-0.1, -0.05) is 13.0 Å². The fourth-order valence-electron chi connectivity index (χ4n) is 2.94. The highest BCUT2D eigenvalue weighted by Crippen LogP contribution is 2.18. The van der Waals surface area contributed by atoms with Crippen LogP contribution >= 0.6 is 0 Å². The molecule has 2 heterocycles. The van der Waals surface area contributed by atoms with Crippen LogP contribution in [0.2, 0.25) is 0 Å². The van der Waals surface area contributed by atoms with Gasteiger partial charge in [0.2, 0.25) is 0 Å². The molecule has 0 amide bonds. The van der Waals surface area contributed by atoms with Gasteiger partial charge in [0.15, 0.2) is 0 Å². The molecule has 112 valence electrons. The molecule has 0 unspecified atom stereocenters. The molecule has 1 aliphatic heterocycles. The van der Waals surface area contributed by atoms with Crippen molar-refractivity contribution in [3.05, 3.63) is 40.4 Å². The maximum atomic E-state index is 12.6. The lowest BCUT2D eigenvalue weighted by molar-refractivity contribution is 0.0499. The largest absolute Gasteiger partial charge is 0.381 e. The lowest BCUT2D eigenvalue weighted by Gasteiger charge is -2.22. The van der Waals surface area contributed by atoms with Gasteiger partial charge in [0.1, 0.15) is 0 Å². The molecule has 3 rings (SSSR count). The quantitative estimate of drug-likeness (QED) is 0.868. The summed E-state index contributed by atoms with van der Waals surface area (Å²) in [5.41, 5.74) is 2.04. The van der Waals surface area contributed by atoms with Crippen molar-refractivity contribution in [2.45, 2.75) is 39.2 Å². The van der Waals surface area contributed by atoms with E-state index < -0.39 is 0 Å². The highest BCUT2D eigenvalue weighted by molar-refractivity contribution is 5.78. The van der Waals surface area contributed by atoms with Crippen LogP contribution < -0.4 is 5.56 Å². The van der Waals surface area contributed by atoms with Crippen molar-refractivity contribution < 1.29 is 4.74 Å². The van der Waals surface area contributed by atoms with E-state index >= 15 is 0 Å². The Kier molecular flexibility index (Phi) is 4.34. The van der Waals surface area contributed by atoms with Crippen molar-refractivity contribution in [1.82, 2.24) is 9.55 Å². The predicted octanol–water partition coefficient (Wildman–Crippen LogP) is 2.78. The first-order valence-corrected chi connectivity index (χ1v) is 7.83. The average Bonchev–Trinajstić information content (AvgIpc) is 2.55. The number of fused-ring (bicyclic) bond motifs is 1. The van der Waals surface area contributed by atoms with E-state index in [-0.39, 0.29) is 5.56 Å². The molecule has 4 nitrogen and oxygen atoms in total. The predicted molar refractivity (Wildman–Crippen MR) is 83.5 cm³/mol. The van der Waals surface area contributed by atoms with Gasteiger partial charge in [-0.25, -0.2) is 4.98 Å². The van der Waals surface area contributed by atoms with Crippen molar-refractivity contribution in [2.24, 2.45) is 5.92 Å². The highest BCUT2D eigenvalue weighted by Gasteiger charge is 2.14. The Morgan fingerprint density at radius 2 is 2.33 bits per heavy atom. The Labute approximate surface area is 124 Å². The molecule has 0 aliphatic carbocycles. The average molecular weight is 286 g/mol. The summed E-state index contributed by atoms with van der Waals surface area (Å²) in [6.07, 6.45) is 5.94. The Balaban J connectivity index is 1.81. The first-order valence-electron chi connectivity index (χ1n) is 7.83. The zero-order valence-electron chi connectivity index (χ0n) is 12.5. The maximum Gasteiger partial charge on any atom is 0.261 e. The summed E-state index contributed by atoms with van der Waals surface area (Å²) in [5.74, 6) is 0.573. The molecule has 1 aromatic heterocycles. The number of benzene rings is 1. The zero-order chi connectivity index (χ0) is 14.7. The molecule has 1 saturated heterocycles. The Morgan fingerprint density at radius 3 is 3.10 bits per heavy atom. The van der Waals surface area contributed by atoms with Crippen LogP contribution in [0.3, 0.4) is 0 Å². The van der Waals surface area contributed by atoms with E-state index in [4.69, 9.17) is 4.74 Å². The van der Waals surface area contributed by atoms with Crippen LogP contribution in [0.1, 0.15) is 31.7 Å². The number of rotatable bonds is 4. The molecule has 21 heavy (non-hydrogen) atoms. The molecule has 0 spiro atoms. The van der Waals surface area contributed by atoms with Crippen LogP contribution in [0.25, 0.3) is 10.9 Å². The second-order valence-corrected chi connectivity index (χ2v) is 5.82. The van der Waals surface area contributed by atoms with E-state index in [0.717, 1.165) is 49.9 Å². The Morgan fingerprint density at radius 1 is 1.43 bits per heavy atom. The minimum absolute atomic E-state index is 0.0760. The summed E-state index contributed by atoms with van der Waals surface area (Å²) in [4.78, 5) is 17.0. The third-order valence-electron chi connectivity index (χ3n) is 4.33. The van der Waals surface area contributed by atoms with Gasteiger partial charge in [-0.3, -0.25) is 9.36 Å². The number of hydrogen-bond acceptors (Lipinski definition) is 3. The summed E-state index contributed by atoms with van der Waals surface area (Å²) in [6.45, 7) is 4.54. The number of nitrogens with zero attached hydrogens (tertiary/aromatic N) is 2. The summed E-state index contributed by atoms with van der Waals surface area (Å²) >= 11 is 0. The lowest BCUT2D eigenvalue weighted by Crippen LogP contribution is -2.24. The van der Waals surface area contributed by atoms with Gasteiger partial charge in [-0.05, 0) is 49.3 Å². The van der Waals surface area contributed by atoms with Crippen LogP contribution in [0.4, 0.5) is 0 Å². The van der Waals surface area contributed by atoms with Crippen LogP contribution in [0.15, 0.2) is 29.3 Å². The Bertz CT molecular complexity index is 672. The van der Waals surface area contributed by atoms with Crippen LogP contribution in [-0.2, 0) is 17.7 Å². The number of hydrogen-bond donors (Lipinski definition) is 0.